The summed E-state index contributed by atoms with van der Waals surface area (Å²) in [4.78, 5) is 16.6. The first-order valence-corrected chi connectivity index (χ1v) is 9.76. The van der Waals surface area contributed by atoms with Crippen LogP contribution in [0.25, 0.3) is 10.2 Å². The average Bonchev–Trinajstić information content (AvgIpc) is 3.08. The van der Waals surface area contributed by atoms with E-state index in [-0.39, 0.29) is 48.7 Å². The van der Waals surface area contributed by atoms with Crippen molar-refractivity contribution in [2.45, 2.75) is 6.42 Å². The Morgan fingerprint density at radius 1 is 1.38 bits per heavy atom. The highest BCUT2D eigenvalue weighted by Crippen LogP contribution is 2.31. The molecule has 0 atom stereocenters. The van der Waals surface area contributed by atoms with E-state index >= 15 is 4.39 Å². The molecule has 0 unspecified atom stereocenters. The first-order valence-electron chi connectivity index (χ1n) is 7.71. The Kier molecular flexibility index (Phi) is 6.37. The summed E-state index contributed by atoms with van der Waals surface area (Å²) in [6.07, 6.45) is 0.159. The Labute approximate surface area is 166 Å². The van der Waals surface area contributed by atoms with Gasteiger partial charge in [0.25, 0.3) is 0 Å². The van der Waals surface area contributed by atoms with Crippen molar-refractivity contribution < 1.29 is 19.0 Å². The number of ether oxygens (including phenoxy) is 1. The molecule has 0 aliphatic heterocycles. The molecule has 0 amide bonds. The molecule has 0 spiro atoms. The minimum absolute atomic E-state index is 0.0465. The molecule has 0 bridgehead atoms. The van der Waals surface area contributed by atoms with Gasteiger partial charge in [-0.25, -0.2) is 9.37 Å². The topological polar surface area (TPSA) is 59.4 Å². The number of hydrogen-bond donors (Lipinski definition) is 1. The van der Waals surface area contributed by atoms with Crippen LogP contribution in [0.2, 0.25) is 5.02 Å². The van der Waals surface area contributed by atoms with Gasteiger partial charge in [0.1, 0.15) is 12.1 Å². The molecule has 8 heteroatoms. The number of ketones is 1. The van der Waals surface area contributed by atoms with Crippen molar-refractivity contribution >= 4 is 54.9 Å². The molecular weight excluding hydrogens is 445 g/mol. The molecule has 1 aromatic heterocycles. The second kappa shape index (κ2) is 8.54. The van der Waals surface area contributed by atoms with Gasteiger partial charge in [-0.05, 0) is 23.8 Å². The van der Waals surface area contributed by atoms with E-state index in [2.05, 4.69) is 20.9 Å². The molecule has 0 radical (unpaired) electrons. The number of halogens is 3. The van der Waals surface area contributed by atoms with Crippen LogP contribution in [0.4, 0.5) is 4.39 Å². The first-order chi connectivity index (χ1) is 12.5. The molecular formula is C18H14BrClFNO3S. The molecule has 1 N–H and O–H groups in total. The summed E-state index contributed by atoms with van der Waals surface area (Å²) >= 11 is 10.9. The highest BCUT2D eigenvalue weighted by atomic mass is 79.9. The largest absolute Gasteiger partial charge is 0.394 e. The number of benzene rings is 2. The van der Waals surface area contributed by atoms with Crippen LogP contribution < -0.4 is 0 Å². The van der Waals surface area contributed by atoms with Crippen molar-refractivity contribution in [1.82, 2.24) is 4.98 Å². The Bertz CT molecular complexity index is 963. The van der Waals surface area contributed by atoms with Crippen LogP contribution in [-0.2, 0) is 11.2 Å². The van der Waals surface area contributed by atoms with E-state index in [0.29, 0.717) is 15.3 Å². The number of thiazole rings is 1. The maximum atomic E-state index is 15.1. The lowest BCUT2D eigenvalue weighted by atomic mass is 9.96. The molecule has 2 aromatic carbocycles. The summed E-state index contributed by atoms with van der Waals surface area (Å²) in [6, 6.07) is 6.96. The summed E-state index contributed by atoms with van der Waals surface area (Å²) in [5.41, 5.74) is 2.97. The van der Waals surface area contributed by atoms with E-state index in [1.807, 2.05) is 6.07 Å². The molecule has 0 aliphatic rings. The van der Waals surface area contributed by atoms with Crippen LogP contribution in [0, 0.1) is 5.82 Å². The Morgan fingerprint density at radius 2 is 2.19 bits per heavy atom. The van der Waals surface area contributed by atoms with Gasteiger partial charge in [0, 0.05) is 27.0 Å². The smallest absolute Gasteiger partial charge is 0.188 e. The molecule has 3 rings (SSSR count). The Balaban J connectivity index is 2.04. The zero-order chi connectivity index (χ0) is 18.7. The predicted octanol–water partition coefficient (Wildman–Crippen LogP) is 4.63. The highest BCUT2D eigenvalue weighted by molar-refractivity contribution is 9.10. The van der Waals surface area contributed by atoms with Crippen LogP contribution in [0.3, 0.4) is 0 Å². The van der Waals surface area contributed by atoms with Gasteiger partial charge in [-0.15, -0.1) is 11.3 Å². The number of carbonyl (C=O) groups excluding carboxylic acids is 1. The number of aromatic nitrogens is 1. The zero-order valence-corrected chi connectivity index (χ0v) is 16.6. The van der Waals surface area contributed by atoms with Crippen LogP contribution in [0.15, 0.2) is 34.2 Å². The third-order valence-electron chi connectivity index (χ3n) is 3.82. The highest BCUT2D eigenvalue weighted by Gasteiger charge is 2.21. The standard InChI is InChI=1S/C18H14BrClFNO3S/c19-11-2-1-10(14(20)6-11)5-13-12(15(24)8-25-4-3-23)7-16-18(17(13)21)22-9-26-16/h1-2,6-7,9,23H,3-5,8H2. The third kappa shape index (κ3) is 4.13. The van der Waals surface area contributed by atoms with Gasteiger partial charge in [0.2, 0.25) is 0 Å². The molecule has 0 aliphatic carbocycles. The number of aliphatic hydroxyl groups excluding tert-OH is 1. The average molecular weight is 459 g/mol. The fraction of sp³-hybridized carbons (Fsp3) is 0.222. The molecule has 0 saturated heterocycles. The fourth-order valence-corrected chi connectivity index (χ4v) is 4.04. The van der Waals surface area contributed by atoms with E-state index < -0.39 is 5.82 Å². The van der Waals surface area contributed by atoms with E-state index in [4.69, 9.17) is 21.4 Å². The van der Waals surface area contributed by atoms with Crippen molar-refractivity contribution in [1.29, 1.82) is 0 Å². The lowest BCUT2D eigenvalue weighted by Gasteiger charge is -2.12. The summed E-state index contributed by atoms with van der Waals surface area (Å²) < 4.78 is 21.6. The Hall–Kier alpha value is -1.38. The number of carbonyl (C=O) groups is 1. The van der Waals surface area contributed by atoms with Gasteiger partial charge < -0.3 is 9.84 Å². The van der Waals surface area contributed by atoms with Gasteiger partial charge in [0.05, 0.1) is 23.4 Å². The number of rotatable bonds is 7. The van der Waals surface area contributed by atoms with Crippen LogP contribution in [0.1, 0.15) is 21.5 Å². The summed E-state index contributed by atoms with van der Waals surface area (Å²) in [5, 5.41) is 9.27. The Morgan fingerprint density at radius 3 is 2.92 bits per heavy atom. The van der Waals surface area contributed by atoms with Crippen LogP contribution >= 0.6 is 38.9 Å². The number of aliphatic hydroxyl groups is 1. The van der Waals surface area contributed by atoms with Gasteiger partial charge >= 0.3 is 0 Å². The summed E-state index contributed by atoms with van der Waals surface area (Å²) in [5.74, 6) is -0.871. The van der Waals surface area contributed by atoms with Crippen molar-refractivity contribution in [2.24, 2.45) is 0 Å². The second-order valence-corrected chi connectivity index (χ2v) is 7.74. The first kappa shape index (κ1) is 19.4. The third-order valence-corrected chi connectivity index (χ3v) is 5.44. The van der Waals surface area contributed by atoms with Gasteiger partial charge in [-0.2, -0.15) is 0 Å². The van der Waals surface area contributed by atoms with Gasteiger partial charge in [0.15, 0.2) is 11.6 Å². The van der Waals surface area contributed by atoms with E-state index in [0.717, 1.165) is 4.47 Å². The molecule has 136 valence electrons. The number of hydrogen-bond acceptors (Lipinski definition) is 5. The van der Waals surface area contributed by atoms with Crippen molar-refractivity contribution in [2.75, 3.05) is 19.8 Å². The minimum Gasteiger partial charge on any atom is -0.394 e. The quantitative estimate of drug-likeness (QED) is 0.414. The van der Waals surface area contributed by atoms with Gasteiger partial charge in [-0.1, -0.05) is 33.6 Å². The lowest BCUT2D eigenvalue weighted by molar-refractivity contribution is 0.0663. The van der Waals surface area contributed by atoms with E-state index in [1.165, 1.54) is 11.3 Å². The molecule has 26 heavy (non-hydrogen) atoms. The lowest BCUT2D eigenvalue weighted by Crippen LogP contribution is -2.15. The van der Waals surface area contributed by atoms with Gasteiger partial charge in [-0.3, -0.25) is 4.79 Å². The molecule has 1 heterocycles. The molecule has 3 aromatic rings. The molecule has 4 nitrogen and oxygen atoms in total. The van der Waals surface area contributed by atoms with Crippen molar-refractivity contribution in [3.8, 4) is 0 Å². The van der Waals surface area contributed by atoms with Crippen molar-refractivity contribution in [3.63, 3.8) is 0 Å². The summed E-state index contributed by atoms with van der Waals surface area (Å²) in [6.45, 7) is -0.368. The minimum atomic E-state index is -0.520. The molecule has 0 saturated carbocycles. The monoisotopic (exact) mass is 457 g/mol. The second-order valence-electron chi connectivity index (χ2n) is 5.53. The normalized spacial score (nSPS) is 11.2. The van der Waals surface area contributed by atoms with Crippen molar-refractivity contribution in [3.05, 3.63) is 61.8 Å². The SMILES string of the molecule is O=C(COCCO)c1cc2scnc2c(F)c1Cc1ccc(Br)cc1Cl. The van der Waals surface area contributed by atoms with E-state index in [9.17, 15) is 4.79 Å². The predicted molar refractivity (Wildman–Crippen MR) is 104 cm³/mol. The number of Topliss-reactive ketones (excluding diaryl/α,β-unsaturated/α-hetero) is 1. The fourth-order valence-electron chi connectivity index (χ4n) is 2.59. The maximum absolute atomic E-state index is 15.1. The number of nitrogens with zero attached hydrogens (tertiary/aromatic N) is 1. The van der Waals surface area contributed by atoms with E-state index in [1.54, 1.807) is 23.7 Å². The zero-order valence-electron chi connectivity index (χ0n) is 13.5. The van der Waals surface area contributed by atoms with Crippen LogP contribution in [-0.4, -0.2) is 35.7 Å². The number of fused-ring (bicyclic) bond motifs is 1. The maximum Gasteiger partial charge on any atom is 0.188 e. The summed E-state index contributed by atoms with van der Waals surface area (Å²) in [7, 11) is 0. The van der Waals surface area contributed by atoms with Crippen LogP contribution in [0.5, 0.6) is 0 Å². The molecule has 0 fully saturated rings.